The average molecular weight is 331 g/mol. The number of fused-ring (bicyclic) bond motifs is 1. The molecule has 0 spiro atoms. The first-order chi connectivity index (χ1) is 9.58. The highest BCUT2D eigenvalue weighted by atomic mass is 79.9. The van der Waals surface area contributed by atoms with Crippen molar-refractivity contribution in [3.05, 3.63) is 69.7 Å². The molecule has 1 N–H and O–H groups in total. The Morgan fingerprint density at radius 3 is 2.55 bits per heavy atom. The van der Waals surface area contributed by atoms with Gasteiger partial charge in [0.2, 0.25) is 0 Å². The van der Waals surface area contributed by atoms with Crippen molar-refractivity contribution < 1.29 is 9.90 Å². The predicted molar refractivity (Wildman–Crippen MR) is 81.9 cm³/mol. The first kappa shape index (κ1) is 13.5. The second-order valence-corrected chi connectivity index (χ2v) is 6.24. The third kappa shape index (κ3) is 2.43. The fourth-order valence-electron chi connectivity index (χ4n) is 2.77. The Bertz CT molecular complexity index is 648. The van der Waals surface area contributed by atoms with Gasteiger partial charge in [-0.2, -0.15) is 0 Å². The van der Waals surface area contributed by atoms with E-state index in [2.05, 4.69) is 15.9 Å². The highest BCUT2D eigenvalue weighted by Gasteiger charge is 2.40. The van der Waals surface area contributed by atoms with Crippen LogP contribution in [0.5, 0.6) is 0 Å². The minimum atomic E-state index is -1.28. The number of ketones is 1. The lowest BCUT2D eigenvalue weighted by Gasteiger charge is -2.32. The van der Waals surface area contributed by atoms with E-state index in [-0.39, 0.29) is 5.78 Å². The molecule has 0 radical (unpaired) electrons. The molecule has 1 aliphatic rings. The number of Topliss-reactive ketones (excluding diaryl/α,β-unsaturated/α-hetero) is 1. The molecule has 1 atom stereocenters. The van der Waals surface area contributed by atoms with Gasteiger partial charge in [0, 0.05) is 16.5 Å². The number of benzene rings is 2. The minimum absolute atomic E-state index is 0.151. The molecule has 0 aliphatic heterocycles. The summed E-state index contributed by atoms with van der Waals surface area (Å²) in [7, 11) is 0. The third-order valence-corrected chi connectivity index (χ3v) is 4.43. The molecule has 1 unspecified atom stereocenters. The molecule has 2 aromatic rings. The zero-order valence-electron chi connectivity index (χ0n) is 11.0. The number of carbonyl (C=O) groups excluding carboxylic acids is 1. The standard InChI is InChI=1S/C17H15BrO2/c18-14-7-5-12(6-8-14)11-17(20)10-9-13-3-1-2-4-15(13)16(17)19/h1-8,20H,9-11H2. The lowest BCUT2D eigenvalue weighted by molar-refractivity contribution is 0.0245. The smallest absolute Gasteiger partial charge is 0.194 e. The van der Waals surface area contributed by atoms with Crippen molar-refractivity contribution >= 4 is 21.7 Å². The number of rotatable bonds is 2. The minimum Gasteiger partial charge on any atom is -0.381 e. The molecule has 0 fully saturated rings. The summed E-state index contributed by atoms with van der Waals surface area (Å²) in [5.41, 5.74) is 1.40. The third-order valence-electron chi connectivity index (χ3n) is 3.90. The molecular weight excluding hydrogens is 316 g/mol. The van der Waals surface area contributed by atoms with Gasteiger partial charge in [-0.3, -0.25) is 4.79 Å². The van der Waals surface area contributed by atoms with E-state index in [4.69, 9.17) is 0 Å². The number of hydrogen-bond acceptors (Lipinski definition) is 2. The van der Waals surface area contributed by atoms with E-state index in [0.717, 1.165) is 22.0 Å². The first-order valence-electron chi connectivity index (χ1n) is 6.68. The van der Waals surface area contributed by atoms with Crippen LogP contribution in [0.4, 0.5) is 0 Å². The molecule has 3 heteroatoms. The molecule has 2 nitrogen and oxygen atoms in total. The lowest BCUT2D eigenvalue weighted by Crippen LogP contribution is -2.44. The molecule has 2 aromatic carbocycles. The molecule has 0 amide bonds. The van der Waals surface area contributed by atoms with E-state index >= 15 is 0 Å². The molecule has 1 aliphatic carbocycles. The van der Waals surface area contributed by atoms with Gasteiger partial charge in [0.25, 0.3) is 0 Å². The molecule has 0 bridgehead atoms. The molecule has 0 heterocycles. The number of hydrogen-bond donors (Lipinski definition) is 1. The Labute approximate surface area is 126 Å². The summed E-state index contributed by atoms with van der Waals surface area (Å²) in [4.78, 5) is 12.6. The summed E-state index contributed by atoms with van der Waals surface area (Å²) in [6.07, 6.45) is 1.60. The fourth-order valence-corrected chi connectivity index (χ4v) is 3.04. The van der Waals surface area contributed by atoms with Gasteiger partial charge in [0.1, 0.15) is 5.60 Å². The fraction of sp³-hybridized carbons (Fsp3) is 0.235. The van der Waals surface area contributed by atoms with Crippen LogP contribution in [-0.2, 0) is 12.8 Å². The number of aryl methyl sites for hydroxylation is 1. The van der Waals surface area contributed by atoms with E-state index < -0.39 is 5.60 Å². The Morgan fingerprint density at radius 2 is 1.80 bits per heavy atom. The van der Waals surface area contributed by atoms with Crippen molar-refractivity contribution in [3.8, 4) is 0 Å². The first-order valence-corrected chi connectivity index (χ1v) is 7.47. The summed E-state index contributed by atoms with van der Waals surface area (Å²) in [5, 5.41) is 10.7. The normalized spacial score (nSPS) is 21.6. The molecule has 3 rings (SSSR count). The van der Waals surface area contributed by atoms with Crippen molar-refractivity contribution in [1.29, 1.82) is 0 Å². The van der Waals surface area contributed by atoms with Gasteiger partial charge >= 0.3 is 0 Å². The largest absolute Gasteiger partial charge is 0.381 e. The Morgan fingerprint density at radius 1 is 1.10 bits per heavy atom. The maximum absolute atomic E-state index is 12.6. The van der Waals surface area contributed by atoms with E-state index in [1.54, 1.807) is 0 Å². The number of halogens is 1. The quantitative estimate of drug-likeness (QED) is 0.914. The van der Waals surface area contributed by atoms with Gasteiger partial charge in [-0.15, -0.1) is 0 Å². The van der Waals surface area contributed by atoms with Crippen LogP contribution < -0.4 is 0 Å². The number of aliphatic hydroxyl groups is 1. The van der Waals surface area contributed by atoms with Gasteiger partial charge in [0.05, 0.1) is 0 Å². The van der Waals surface area contributed by atoms with E-state index in [1.165, 1.54) is 0 Å². The van der Waals surface area contributed by atoms with Gasteiger partial charge in [-0.1, -0.05) is 52.3 Å². The maximum Gasteiger partial charge on any atom is 0.194 e. The van der Waals surface area contributed by atoms with Crippen molar-refractivity contribution in [3.63, 3.8) is 0 Å². The predicted octanol–water partition coefficient (Wildman–Crippen LogP) is 3.55. The van der Waals surface area contributed by atoms with Crippen molar-refractivity contribution in [1.82, 2.24) is 0 Å². The van der Waals surface area contributed by atoms with Gasteiger partial charge in [-0.25, -0.2) is 0 Å². The lowest BCUT2D eigenvalue weighted by atomic mass is 9.76. The van der Waals surface area contributed by atoms with Crippen molar-refractivity contribution in [2.24, 2.45) is 0 Å². The van der Waals surface area contributed by atoms with Crippen LogP contribution in [0.1, 0.15) is 27.9 Å². The summed E-state index contributed by atoms with van der Waals surface area (Å²) < 4.78 is 0.994. The molecular formula is C17H15BrO2. The van der Waals surface area contributed by atoms with Crippen molar-refractivity contribution in [2.75, 3.05) is 0 Å². The summed E-state index contributed by atoms with van der Waals surface area (Å²) >= 11 is 3.39. The van der Waals surface area contributed by atoms with E-state index in [1.807, 2.05) is 48.5 Å². The maximum atomic E-state index is 12.6. The van der Waals surface area contributed by atoms with Crippen LogP contribution in [0.15, 0.2) is 53.0 Å². The number of carbonyl (C=O) groups is 1. The second kappa shape index (κ2) is 5.15. The molecule has 102 valence electrons. The SMILES string of the molecule is O=C1c2ccccc2CCC1(O)Cc1ccc(Br)cc1. The second-order valence-electron chi connectivity index (χ2n) is 5.32. The van der Waals surface area contributed by atoms with Crippen LogP contribution in [0.25, 0.3) is 0 Å². The zero-order valence-corrected chi connectivity index (χ0v) is 12.6. The molecule has 0 saturated heterocycles. The highest BCUT2D eigenvalue weighted by molar-refractivity contribution is 9.10. The van der Waals surface area contributed by atoms with E-state index in [0.29, 0.717) is 18.4 Å². The summed E-state index contributed by atoms with van der Waals surface area (Å²) in [6.45, 7) is 0. The Kier molecular flexibility index (Phi) is 3.48. The summed E-state index contributed by atoms with van der Waals surface area (Å²) in [6, 6.07) is 15.3. The van der Waals surface area contributed by atoms with Crippen LogP contribution >= 0.6 is 15.9 Å². The van der Waals surface area contributed by atoms with Crippen LogP contribution in [0.2, 0.25) is 0 Å². The van der Waals surface area contributed by atoms with Gasteiger partial charge < -0.3 is 5.11 Å². The van der Waals surface area contributed by atoms with E-state index in [9.17, 15) is 9.90 Å². The van der Waals surface area contributed by atoms with Gasteiger partial charge in [0.15, 0.2) is 5.78 Å². The van der Waals surface area contributed by atoms with Crippen LogP contribution in [0, 0.1) is 0 Å². The average Bonchev–Trinajstić information content (AvgIpc) is 2.46. The summed E-state index contributed by atoms with van der Waals surface area (Å²) in [5.74, 6) is -0.151. The monoisotopic (exact) mass is 330 g/mol. The van der Waals surface area contributed by atoms with Gasteiger partial charge in [-0.05, 0) is 36.1 Å². The molecule has 0 aromatic heterocycles. The van der Waals surface area contributed by atoms with Crippen LogP contribution in [0.3, 0.4) is 0 Å². The zero-order chi connectivity index (χ0) is 14.2. The Hall–Kier alpha value is -1.45. The topological polar surface area (TPSA) is 37.3 Å². The highest BCUT2D eigenvalue weighted by Crippen LogP contribution is 2.31. The van der Waals surface area contributed by atoms with Crippen molar-refractivity contribution in [2.45, 2.75) is 24.9 Å². The molecule has 0 saturated carbocycles. The Balaban J connectivity index is 1.90. The van der Waals surface area contributed by atoms with Crippen LogP contribution in [-0.4, -0.2) is 16.5 Å². The molecule has 20 heavy (non-hydrogen) atoms.